The molecule has 0 aromatic heterocycles. The van der Waals surface area contributed by atoms with Crippen LogP contribution in [0.15, 0.2) is 122 Å². The molecule has 60 heavy (non-hydrogen) atoms. The number of hydrogen-bond donors (Lipinski definition) is 1. The zero-order valence-electron chi connectivity index (χ0n) is 38.1. The molecule has 0 heterocycles. The van der Waals surface area contributed by atoms with Gasteiger partial charge in [-0.25, -0.2) is 4.79 Å². The van der Waals surface area contributed by atoms with Gasteiger partial charge in [-0.05, 0) is 89.9 Å². The van der Waals surface area contributed by atoms with E-state index in [9.17, 15) is 19.5 Å². The fourth-order valence-electron chi connectivity index (χ4n) is 5.64. The predicted molar refractivity (Wildman–Crippen MR) is 252 cm³/mol. The van der Waals surface area contributed by atoms with Gasteiger partial charge in [-0.2, -0.15) is 0 Å². The molecule has 8 heteroatoms. The van der Waals surface area contributed by atoms with Crippen LogP contribution in [0.1, 0.15) is 136 Å². The van der Waals surface area contributed by atoms with Crippen LogP contribution in [0.4, 0.5) is 0 Å². The van der Waals surface area contributed by atoms with Crippen molar-refractivity contribution in [2.75, 3.05) is 41.0 Å². The van der Waals surface area contributed by atoms with Crippen LogP contribution in [0.2, 0.25) is 0 Å². The standard InChI is InChI=1S/C52H81NO7/c1-6-8-10-12-14-16-18-20-22-24-25-27-29-31-33-35-37-39-41-43-51(55)60-48(46-58-45-44-49(52(56)57)53(3,4)5)47-59-50(54)42-40-38-36-34-32-30-28-26-23-21-19-17-15-13-11-9-7-2/h8,10,14-17,20-23,25,27-28,30-31,33-34,36-37,39,48-49H,6-7,9,11-13,18-19,24,26,29,32,35,38,40-47H2,1-5H3/p+1/b10-8+,16-14+,17-15+,22-20+,23-21+,27-25+,30-28+,33-31+,36-34+,39-37+. The highest BCUT2D eigenvalue weighted by Crippen LogP contribution is 2.10. The van der Waals surface area contributed by atoms with E-state index in [2.05, 4.69) is 123 Å². The van der Waals surface area contributed by atoms with Crippen molar-refractivity contribution in [3.8, 4) is 0 Å². The molecule has 1 N–H and O–H groups in total. The predicted octanol–water partition coefficient (Wildman–Crippen LogP) is 12.6. The number of quaternary nitrogens is 1. The minimum absolute atomic E-state index is 0.00460. The van der Waals surface area contributed by atoms with Gasteiger partial charge >= 0.3 is 17.9 Å². The van der Waals surface area contributed by atoms with Crippen LogP contribution in [0, 0.1) is 0 Å². The van der Waals surface area contributed by atoms with Crippen LogP contribution in [-0.4, -0.2) is 80.6 Å². The number of likely N-dealkylation sites (N-methyl/N-ethyl adjacent to an activating group) is 1. The highest BCUT2D eigenvalue weighted by atomic mass is 16.6. The van der Waals surface area contributed by atoms with Crippen LogP contribution in [-0.2, 0) is 28.6 Å². The number of aliphatic carboxylic acids is 1. The minimum Gasteiger partial charge on any atom is -0.477 e. The van der Waals surface area contributed by atoms with Crippen molar-refractivity contribution in [1.82, 2.24) is 0 Å². The summed E-state index contributed by atoms with van der Waals surface area (Å²) >= 11 is 0. The fraction of sp³-hybridized carbons (Fsp3) is 0.558. The monoisotopic (exact) mass is 833 g/mol. The van der Waals surface area contributed by atoms with E-state index in [1.165, 1.54) is 25.7 Å². The van der Waals surface area contributed by atoms with E-state index >= 15 is 0 Å². The molecule has 0 rings (SSSR count). The Hall–Kier alpha value is -4.27. The average molecular weight is 833 g/mol. The number of hydrogen-bond acceptors (Lipinski definition) is 6. The van der Waals surface area contributed by atoms with Crippen molar-refractivity contribution in [1.29, 1.82) is 0 Å². The van der Waals surface area contributed by atoms with E-state index < -0.39 is 24.1 Å². The van der Waals surface area contributed by atoms with Gasteiger partial charge < -0.3 is 23.8 Å². The minimum atomic E-state index is -0.900. The molecule has 0 aromatic carbocycles. The van der Waals surface area contributed by atoms with Crippen molar-refractivity contribution in [2.45, 2.75) is 148 Å². The number of allylic oxidation sites excluding steroid dienone is 20. The normalized spacial score (nSPS) is 14.1. The highest BCUT2D eigenvalue weighted by molar-refractivity contribution is 5.72. The first kappa shape index (κ1) is 55.7. The smallest absolute Gasteiger partial charge is 0.362 e. The molecular formula is C52H82NO7+. The van der Waals surface area contributed by atoms with Crippen molar-refractivity contribution in [3.05, 3.63) is 122 Å². The summed E-state index contributed by atoms with van der Waals surface area (Å²) in [5.74, 6) is -1.67. The first-order valence-electron chi connectivity index (χ1n) is 22.6. The molecule has 0 radical (unpaired) electrons. The van der Waals surface area contributed by atoms with Crippen LogP contribution in [0.25, 0.3) is 0 Å². The number of rotatable bonds is 38. The van der Waals surface area contributed by atoms with Crippen molar-refractivity contribution in [3.63, 3.8) is 0 Å². The number of ether oxygens (including phenoxy) is 3. The molecular weight excluding hydrogens is 751 g/mol. The molecule has 0 amide bonds. The Kier molecular flexibility index (Phi) is 38.5. The molecule has 0 aliphatic rings. The molecule has 0 fully saturated rings. The molecule has 0 saturated heterocycles. The molecule has 336 valence electrons. The molecule has 0 spiro atoms. The molecule has 8 nitrogen and oxygen atoms in total. The lowest BCUT2D eigenvalue weighted by Gasteiger charge is -2.31. The summed E-state index contributed by atoms with van der Waals surface area (Å²) in [6, 6.07) is -0.644. The van der Waals surface area contributed by atoms with Gasteiger partial charge in [0, 0.05) is 19.3 Å². The van der Waals surface area contributed by atoms with E-state index in [0.29, 0.717) is 19.3 Å². The SMILES string of the molecule is CC/C=C/C/C=C/C/C=C/C/C=C/C/C=C/C/C=C/CCC(=O)OC(COCCC(C(=O)O)[N+](C)(C)C)COC(=O)CCC/C=C/C/C=C/C/C=C/C/C=C/CCCCC. The lowest BCUT2D eigenvalue weighted by molar-refractivity contribution is -0.887. The van der Waals surface area contributed by atoms with E-state index in [4.69, 9.17) is 14.2 Å². The molecule has 0 bridgehead atoms. The summed E-state index contributed by atoms with van der Waals surface area (Å²) in [5, 5.41) is 9.62. The zero-order valence-corrected chi connectivity index (χ0v) is 38.1. The maximum absolute atomic E-state index is 12.7. The number of carboxylic acid groups (broad SMARTS) is 1. The van der Waals surface area contributed by atoms with Crippen molar-refractivity contribution >= 4 is 17.9 Å². The fourth-order valence-corrected chi connectivity index (χ4v) is 5.64. The number of unbranched alkanes of at least 4 members (excludes halogenated alkanes) is 4. The van der Waals surface area contributed by atoms with Crippen LogP contribution >= 0.6 is 0 Å². The van der Waals surface area contributed by atoms with Crippen LogP contribution < -0.4 is 0 Å². The topological polar surface area (TPSA) is 99.1 Å². The van der Waals surface area contributed by atoms with Gasteiger partial charge in [-0.15, -0.1) is 0 Å². The molecule has 2 atom stereocenters. The second kappa shape index (κ2) is 41.5. The highest BCUT2D eigenvalue weighted by Gasteiger charge is 2.31. The Morgan fingerprint density at radius 1 is 0.517 bits per heavy atom. The van der Waals surface area contributed by atoms with Crippen LogP contribution in [0.5, 0.6) is 0 Å². The molecule has 0 aromatic rings. The van der Waals surface area contributed by atoms with Gasteiger partial charge in [0.2, 0.25) is 0 Å². The van der Waals surface area contributed by atoms with Gasteiger partial charge in [0.25, 0.3) is 0 Å². The number of carboxylic acids is 1. The Morgan fingerprint density at radius 3 is 1.38 bits per heavy atom. The number of carbonyl (C=O) groups excluding carboxylic acids is 2. The first-order chi connectivity index (χ1) is 29.1. The van der Waals surface area contributed by atoms with Crippen LogP contribution in [0.3, 0.4) is 0 Å². The molecule has 0 aliphatic heterocycles. The maximum atomic E-state index is 12.7. The number of esters is 2. The molecule has 0 saturated carbocycles. The van der Waals surface area contributed by atoms with Gasteiger partial charge in [0.15, 0.2) is 12.1 Å². The summed E-state index contributed by atoms with van der Waals surface area (Å²) in [4.78, 5) is 37.0. The Bertz CT molecular complexity index is 1390. The number of nitrogens with zero attached hydrogens (tertiary/aromatic N) is 1. The first-order valence-corrected chi connectivity index (χ1v) is 22.6. The Balaban J connectivity index is 4.59. The second-order valence-electron chi connectivity index (χ2n) is 15.6. The van der Waals surface area contributed by atoms with E-state index in [1.807, 2.05) is 33.3 Å². The third-order valence-corrected chi connectivity index (χ3v) is 9.11. The summed E-state index contributed by atoms with van der Waals surface area (Å²) in [6.07, 6.45) is 58.4. The summed E-state index contributed by atoms with van der Waals surface area (Å²) in [5.41, 5.74) is 0. The van der Waals surface area contributed by atoms with Gasteiger partial charge in [0.1, 0.15) is 6.61 Å². The molecule has 0 aliphatic carbocycles. The lowest BCUT2D eigenvalue weighted by Crippen LogP contribution is -2.50. The number of carbonyl (C=O) groups is 3. The third kappa shape index (κ3) is 39.2. The van der Waals surface area contributed by atoms with Crippen molar-refractivity contribution < 1.29 is 38.2 Å². The zero-order chi connectivity index (χ0) is 44.2. The Labute approximate surface area is 365 Å². The largest absolute Gasteiger partial charge is 0.477 e. The van der Waals surface area contributed by atoms with E-state index in [-0.39, 0.29) is 43.1 Å². The lowest BCUT2D eigenvalue weighted by atomic mass is 10.1. The average Bonchev–Trinajstić information content (AvgIpc) is 3.21. The third-order valence-electron chi connectivity index (χ3n) is 9.11. The maximum Gasteiger partial charge on any atom is 0.362 e. The quantitative estimate of drug-likeness (QED) is 0.0286. The molecule has 2 unspecified atom stereocenters. The van der Waals surface area contributed by atoms with E-state index in [0.717, 1.165) is 64.2 Å². The summed E-state index contributed by atoms with van der Waals surface area (Å²) in [7, 11) is 5.47. The van der Waals surface area contributed by atoms with Gasteiger partial charge in [0.05, 0.1) is 34.4 Å². The summed E-state index contributed by atoms with van der Waals surface area (Å²) < 4.78 is 17.1. The van der Waals surface area contributed by atoms with Crippen molar-refractivity contribution in [2.24, 2.45) is 0 Å². The summed E-state index contributed by atoms with van der Waals surface area (Å²) in [6.45, 7) is 4.42. The van der Waals surface area contributed by atoms with Gasteiger partial charge in [-0.3, -0.25) is 9.59 Å². The second-order valence-corrected chi connectivity index (χ2v) is 15.6. The van der Waals surface area contributed by atoms with Gasteiger partial charge in [-0.1, -0.05) is 148 Å². The van der Waals surface area contributed by atoms with E-state index in [1.54, 1.807) is 0 Å². The Morgan fingerprint density at radius 2 is 0.950 bits per heavy atom.